The molecule has 20 heavy (non-hydrogen) atoms. The number of hydrogen-bond donors (Lipinski definition) is 1. The number of rotatable bonds is 4. The lowest BCUT2D eigenvalue weighted by atomic mass is 9.89. The molecule has 2 aliphatic rings. The first-order valence-electron chi connectivity index (χ1n) is 8.54. The van der Waals surface area contributed by atoms with Gasteiger partial charge in [0.25, 0.3) is 0 Å². The molecule has 1 N–H and O–H groups in total. The third-order valence-electron chi connectivity index (χ3n) is 7.05. The van der Waals surface area contributed by atoms with Gasteiger partial charge in [0.15, 0.2) is 0 Å². The van der Waals surface area contributed by atoms with Gasteiger partial charge in [-0.25, -0.2) is 0 Å². The van der Waals surface area contributed by atoms with Crippen LogP contribution in [0, 0.1) is 22.7 Å². The highest BCUT2D eigenvalue weighted by atomic mass is 15.3. The maximum Gasteiger partial charge on any atom is 0.0278 e. The van der Waals surface area contributed by atoms with E-state index in [0.29, 0.717) is 22.4 Å². The lowest BCUT2D eigenvalue weighted by molar-refractivity contribution is 0.0520. The third kappa shape index (κ3) is 2.54. The van der Waals surface area contributed by atoms with Crippen LogP contribution in [-0.4, -0.2) is 36.1 Å². The zero-order chi connectivity index (χ0) is 15.3. The molecule has 0 aromatic rings. The van der Waals surface area contributed by atoms with E-state index in [9.17, 15) is 0 Å². The molecular formula is C18H36N2. The second-order valence-corrected chi connectivity index (χ2v) is 9.03. The van der Waals surface area contributed by atoms with Crippen LogP contribution in [0.25, 0.3) is 0 Å². The molecule has 0 aromatic carbocycles. The van der Waals surface area contributed by atoms with Crippen molar-refractivity contribution >= 4 is 0 Å². The predicted molar refractivity (Wildman–Crippen MR) is 87.9 cm³/mol. The average Bonchev–Trinajstić information content (AvgIpc) is 2.71. The molecule has 118 valence electrons. The molecule has 2 unspecified atom stereocenters. The van der Waals surface area contributed by atoms with E-state index < -0.39 is 0 Å². The van der Waals surface area contributed by atoms with E-state index in [1.807, 2.05) is 0 Å². The van der Waals surface area contributed by atoms with E-state index in [-0.39, 0.29) is 0 Å². The Bertz CT molecular complexity index is 344. The first-order chi connectivity index (χ1) is 9.05. The highest BCUT2D eigenvalue weighted by Gasteiger charge is 2.64. The van der Waals surface area contributed by atoms with Crippen LogP contribution in [0.5, 0.6) is 0 Å². The molecule has 2 atom stereocenters. The van der Waals surface area contributed by atoms with Crippen LogP contribution < -0.4 is 5.32 Å². The fraction of sp³-hybridized carbons (Fsp3) is 1.00. The van der Waals surface area contributed by atoms with Crippen molar-refractivity contribution in [2.45, 2.75) is 73.4 Å². The van der Waals surface area contributed by atoms with Crippen LogP contribution in [-0.2, 0) is 0 Å². The van der Waals surface area contributed by atoms with Crippen LogP contribution in [0.1, 0.15) is 61.8 Å². The fourth-order valence-electron chi connectivity index (χ4n) is 4.22. The highest BCUT2D eigenvalue weighted by molar-refractivity contribution is 5.14. The monoisotopic (exact) mass is 280 g/mol. The summed E-state index contributed by atoms with van der Waals surface area (Å²) in [6, 6.07) is 0.696. The summed E-state index contributed by atoms with van der Waals surface area (Å²) in [5.41, 5.74) is 1.30. The summed E-state index contributed by atoms with van der Waals surface area (Å²) in [4.78, 5) is 2.80. The number of hydrogen-bond acceptors (Lipinski definition) is 2. The second kappa shape index (κ2) is 4.98. The van der Waals surface area contributed by atoms with Gasteiger partial charge in [0.2, 0.25) is 0 Å². The largest absolute Gasteiger partial charge is 0.309 e. The van der Waals surface area contributed by atoms with Crippen LogP contribution in [0.15, 0.2) is 0 Å². The molecule has 2 rings (SSSR count). The average molecular weight is 280 g/mol. The summed E-state index contributed by atoms with van der Waals surface area (Å²) < 4.78 is 0. The summed E-state index contributed by atoms with van der Waals surface area (Å²) in [5, 5.41) is 3.80. The molecule has 1 aliphatic heterocycles. The SMILES string of the molecule is CCC1(C)CN(CC2C(C)(C)C2(C)C)C(C(C)C)CN1. The molecule has 2 heteroatoms. The van der Waals surface area contributed by atoms with Crippen molar-refractivity contribution < 1.29 is 0 Å². The maximum absolute atomic E-state index is 3.80. The Kier molecular flexibility index (Phi) is 4.06. The first-order valence-corrected chi connectivity index (χ1v) is 8.54. The topological polar surface area (TPSA) is 15.3 Å². The molecule has 1 aliphatic carbocycles. The maximum atomic E-state index is 3.80. The van der Waals surface area contributed by atoms with Gasteiger partial charge in [0.05, 0.1) is 0 Å². The highest BCUT2D eigenvalue weighted by Crippen LogP contribution is 2.68. The van der Waals surface area contributed by atoms with Gasteiger partial charge in [-0.1, -0.05) is 48.5 Å². The quantitative estimate of drug-likeness (QED) is 0.843. The molecule has 0 spiro atoms. The molecule has 1 saturated heterocycles. The van der Waals surface area contributed by atoms with Crippen molar-refractivity contribution in [2.75, 3.05) is 19.6 Å². The van der Waals surface area contributed by atoms with Crippen molar-refractivity contribution in [3.8, 4) is 0 Å². The number of nitrogens with one attached hydrogen (secondary N) is 1. The Hall–Kier alpha value is -0.0800. The number of piperazine rings is 1. The molecular weight excluding hydrogens is 244 g/mol. The van der Waals surface area contributed by atoms with Crippen LogP contribution in [0.3, 0.4) is 0 Å². The van der Waals surface area contributed by atoms with Gasteiger partial charge in [-0.2, -0.15) is 0 Å². The lowest BCUT2D eigenvalue weighted by Crippen LogP contribution is -2.64. The second-order valence-electron chi connectivity index (χ2n) is 9.03. The summed E-state index contributed by atoms with van der Waals surface area (Å²) in [7, 11) is 0. The Morgan fingerprint density at radius 2 is 1.65 bits per heavy atom. The molecule has 2 fully saturated rings. The standard InChI is InChI=1S/C18H36N2/c1-9-18(8)12-20(14(10-19-18)13(2)3)11-15-16(4,5)17(15,6)7/h13-15,19H,9-12H2,1-8H3. The zero-order valence-electron chi connectivity index (χ0n) is 15.0. The molecule has 1 saturated carbocycles. The van der Waals surface area contributed by atoms with Crippen molar-refractivity contribution in [3.63, 3.8) is 0 Å². The van der Waals surface area contributed by atoms with E-state index in [1.165, 1.54) is 19.5 Å². The zero-order valence-corrected chi connectivity index (χ0v) is 15.0. The van der Waals surface area contributed by atoms with E-state index in [2.05, 4.69) is 65.6 Å². The van der Waals surface area contributed by atoms with E-state index in [1.54, 1.807) is 0 Å². The summed E-state index contributed by atoms with van der Waals surface area (Å²) >= 11 is 0. The predicted octanol–water partition coefficient (Wildman–Crippen LogP) is 3.77. The summed E-state index contributed by atoms with van der Waals surface area (Å²) in [6.45, 7) is 22.9. The Labute approximate surface area is 126 Å². The summed E-state index contributed by atoms with van der Waals surface area (Å²) in [6.07, 6.45) is 1.21. The van der Waals surface area contributed by atoms with Gasteiger partial charge in [0, 0.05) is 31.2 Å². The van der Waals surface area contributed by atoms with Crippen molar-refractivity contribution in [1.29, 1.82) is 0 Å². The van der Waals surface area contributed by atoms with Crippen LogP contribution in [0.2, 0.25) is 0 Å². The molecule has 2 nitrogen and oxygen atoms in total. The molecule has 0 aromatic heterocycles. The van der Waals surface area contributed by atoms with Crippen LogP contribution >= 0.6 is 0 Å². The minimum atomic E-state index is 0.300. The van der Waals surface area contributed by atoms with Crippen molar-refractivity contribution in [2.24, 2.45) is 22.7 Å². The Morgan fingerprint density at radius 1 is 1.10 bits per heavy atom. The lowest BCUT2D eigenvalue weighted by Gasteiger charge is -2.48. The molecule has 0 bridgehead atoms. The van der Waals surface area contributed by atoms with Gasteiger partial charge in [-0.15, -0.1) is 0 Å². The normalized spacial score (nSPS) is 37.4. The molecule has 0 radical (unpaired) electrons. The Morgan fingerprint density at radius 3 is 2.05 bits per heavy atom. The van der Waals surface area contributed by atoms with E-state index >= 15 is 0 Å². The van der Waals surface area contributed by atoms with Gasteiger partial charge >= 0.3 is 0 Å². The van der Waals surface area contributed by atoms with Crippen molar-refractivity contribution in [3.05, 3.63) is 0 Å². The first kappa shape index (κ1) is 16.3. The van der Waals surface area contributed by atoms with Crippen LogP contribution in [0.4, 0.5) is 0 Å². The minimum Gasteiger partial charge on any atom is -0.309 e. The third-order valence-corrected chi connectivity index (χ3v) is 7.05. The molecule has 0 amide bonds. The van der Waals surface area contributed by atoms with Gasteiger partial charge in [-0.3, -0.25) is 4.90 Å². The van der Waals surface area contributed by atoms with E-state index in [0.717, 1.165) is 18.4 Å². The minimum absolute atomic E-state index is 0.300. The fourth-order valence-corrected chi connectivity index (χ4v) is 4.22. The Balaban J connectivity index is 2.10. The number of nitrogens with zero attached hydrogens (tertiary/aromatic N) is 1. The smallest absolute Gasteiger partial charge is 0.0278 e. The van der Waals surface area contributed by atoms with Gasteiger partial charge in [0.1, 0.15) is 0 Å². The molecule has 1 heterocycles. The van der Waals surface area contributed by atoms with Gasteiger partial charge < -0.3 is 5.32 Å². The van der Waals surface area contributed by atoms with Gasteiger partial charge in [-0.05, 0) is 36.0 Å². The van der Waals surface area contributed by atoms with Crippen molar-refractivity contribution in [1.82, 2.24) is 10.2 Å². The van der Waals surface area contributed by atoms with E-state index in [4.69, 9.17) is 0 Å². The summed E-state index contributed by atoms with van der Waals surface area (Å²) in [5.74, 6) is 1.57.